The lowest BCUT2D eigenvalue weighted by Crippen LogP contribution is -1.68. The predicted molar refractivity (Wildman–Crippen MR) is 48.8 cm³/mol. The molecule has 0 amide bonds. The van der Waals surface area contributed by atoms with E-state index in [9.17, 15) is 0 Å². The van der Waals surface area contributed by atoms with E-state index in [4.69, 9.17) is 0 Å². The molecule has 0 aromatic carbocycles. The number of rotatable bonds is 0. The minimum absolute atomic E-state index is 1.58. The molecule has 0 N–H and O–H groups in total. The highest BCUT2D eigenvalue weighted by Gasteiger charge is 1.59. The van der Waals surface area contributed by atoms with Crippen molar-refractivity contribution in [2.75, 3.05) is 0 Å². The Labute approximate surface area is 72.8 Å². The molecule has 64 valence electrons. The van der Waals surface area contributed by atoms with Crippen molar-refractivity contribution in [2.45, 2.75) is 13.8 Å². The topological polar surface area (TPSA) is 38.7 Å². The van der Waals surface area contributed by atoms with Gasteiger partial charge in [0.2, 0.25) is 0 Å². The first-order valence-electron chi connectivity index (χ1n) is 3.90. The second kappa shape index (κ2) is 9.49. The average molecular weight is 163 g/mol. The fourth-order valence-corrected chi connectivity index (χ4v) is 0.441. The van der Waals surface area contributed by atoms with E-state index in [1.807, 2.05) is 13.8 Å². The predicted octanol–water partition coefficient (Wildman–Crippen LogP) is 2.02. The highest BCUT2D eigenvalue weighted by atomic mass is 15.1. The largest absolute Gasteiger partial charge is 0.265 e. The van der Waals surface area contributed by atoms with Crippen molar-refractivity contribution < 1.29 is 0 Å². The van der Waals surface area contributed by atoms with Crippen LogP contribution in [0.3, 0.4) is 0 Å². The maximum Gasteiger partial charge on any atom is 0.0510 e. The molecule has 0 spiro atoms. The first-order valence-corrected chi connectivity index (χ1v) is 3.90. The summed E-state index contributed by atoms with van der Waals surface area (Å²) in [5.41, 5.74) is 0. The Kier molecular flexibility index (Phi) is 8.30. The van der Waals surface area contributed by atoms with Crippen molar-refractivity contribution >= 4 is 0 Å². The standard InChI is InChI=1S/C7H7N3.C2H6/c1-2-6-9-10-7-3-5-8-4-1;1-2/h1-7H;1-2H3. The van der Waals surface area contributed by atoms with Gasteiger partial charge in [-0.05, 0) is 18.2 Å². The summed E-state index contributed by atoms with van der Waals surface area (Å²) in [6, 6.07) is 5.27. The van der Waals surface area contributed by atoms with Gasteiger partial charge in [-0.25, -0.2) is 0 Å². The van der Waals surface area contributed by atoms with Crippen molar-refractivity contribution in [2.24, 2.45) is 0 Å². The Balaban J connectivity index is 0.000000561. The molecule has 1 heterocycles. The summed E-state index contributed by atoms with van der Waals surface area (Å²) in [6.07, 6.45) is 6.50. The normalized spacial score (nSPS) is 7.17. The molecular weight excluding hydrogens is 150 g/mol. The summed E-state index contributed by atoms with van der Waals surface area (Å²) < 4.78 is 0. The molecule has 1 aromatic heterocycles. The van der Waals surface area contributed by atoms with Crippen molar-refractivity contribution in [3.8, 4) is 0 Å². The van der Waals surface area contributed by atoms with Crippen molar-refractivity contribution in [1.29, 1.82) is 0 Å². The molecule has 1 aromatic rings. The zero-order valence-corrected chi connectivity index (χ0v) is 7.38. The van der Waals surface area contributed by atoms with E-state index in [1.54, 1.807) is 43.0 Å². The van der Waals surface area contributed by atoms with Gasteiger partial charge in [0.1, 0.15) is 0 Å². The molecule has 0 saturated carbocycles. The molecule has 12 heavy (non-hydrogen) atoms. The van der Waals surface area contributed by atoms with Gasteiger partial charge in [0, 0.05) is 18.6 Å². The van der Waals surface area contributed by atoms with E-state index in [-0.39, 0.29) is 0 Å². The number of hydrogen-bond donors (Lipinski definition) is 0. The first kappa shape index (κ1) is 10.5. The van der Waals surface area contributed by atoms with Gasteiger partial charge in [0.15, 0.2) is 0 Å². The Morgan fingerprint density at radius 3 is 1.92 bits per heavy atom. The van der Waals surface area contributed by atoms with E-state index >= 15 is 0 Å². The molecule has 0 radical (unpaired) electrons. The Hall–Kier alpha value is -1.51. The molecular formula is C9H13N3. The fourth-order valence-electron chi connectivity index (χ4n) is 0.441. The number of nitrogens with zero attached hydrogens (tertiary/aromatic N) is 3. The van der Waals surface area contributed by atoms with Gasteiger partial charge in [0.25, 0.3) is 0 Å². The van der Waals surface area contributed by atoms with Gasteiger partial charge >= 0.3 is 0 Å². The van der Waals surface area contributed by atoms with E-state index in [0.717, 1.165) is 0 Å². The van der Waals surface area contributed by atoms with Crippen LogP contribution in [0.25, 0.3) is 0 Å². The Bertz CT molecular complexity index is 149. The van der Waals surface area contributed by atoms with E-state index in [0.29, 0.717) is 0 Å². The molecule has 0 aliphatic heterocycles. The summed E-state index contributed by atoms with van der Waals surface area (Å²) in [6.45, 7) is 4.00. The van der Waals surface area contributed by atoms with Gasteiger partial charge in [-0.3, -0.25) is 4.98 Å². The first-order chi connectivity index (χ1) is 6.00. The summed E-state index contributed by atoms with van der Waals surface area (Å²) in [5, 5.41) is 7.34. The van der Waals surface area contributed by atoms with Crippen LogP contribution in [0.4, 0.5) is 0 Å². The Morgan fingerprint density at radius 1 is 0.667 bits per heavy atom. The lowest BCUT2D eigenvalue weighted by atomic mass is 10.6. The van der Waals surface area contributed by atoms with Crippen LogP contribution in [0.1, 0.15) is 13.8 Å². The van der Waals surface area contributed by atoms with Gasteiger partial charge in [-0.2, -0.15) is 10.2 Å². The molecule has 1 rings (SSSR count). The number of hydrogen-bond acceptors (Lipinski definition) is 3. The zero-order valence-electron chi connectivity index (χ0n) is 7.38. The van der Waals surface area contributed by atoms with Crippen LogP contribution in [0.2, 0.25) is 0 Å². The second-order valence-corrected chi connectivity index (χ2v) is 1.55. The molecule has 0 aliphatic rings. The Morgan fingerprint density at radius 2 is 1.17 bits per heavy atom. The van der Waals surface area contributed by atoms with E-state index < -0.39 is 0 Å². The highest BCUT2D eigenvalue weighted by molar-refractivity contribution is 4.80. The molecule has 0 unspecified atom stereocenters. The molecule has 0 atom stereocenters. The second-order valence-electron chi connectivity index (χ2n) is 1.55. The summed E-state index contributed by atoms with van der Waals surface area (Å²) in [7, 11) is 0. The maximum absolute atomic E-state index is 3.89. The van der Waals surface area contributed by atoms with Crippen molar-refractivity contribution in [3.05, 3.63) is 43.0 Å². The number of aromatic nitrogens is 3. The highest BCUT2D eigenvalue weighted by Crippen LogP contribution is 1.69. The average Bonchev–Trinajstić information content (AvgIpc) is 2.18. The van der Waals surface area contributed by atoms with Crippen molar-refractivity contribution in [1.82, 2.24) is 15.2 Å². The fraction of sp³-hybridized carbons (Fsp3) is 0.222. The van der Waals surface area contributed by atoms with Crippen LogP contribution >= 0.6 is 0 Å². The van der Waals surface area contributed by atoms with E-state index in [1.165, 1.54) is 0 Å². The lowest BCUT2D eigenvalue weighted by Gasteiger charge is -1.69. The van der Waals surface area contributed by atoms with Gasteiger partial charge in [0.05, 0.1) is 6.20 Å². The third-order valence-corrected chi connectivity index (χ3v) is 0.828. The molecule has 0 fully saturated rings. The zero-order chi connectivity index (χ0) is 9.07. The molecule has 0 saturated heterocycles. The summed E-state index contributed by atoms with van der Waals surface area (Å²) in [5.74, 6) is 0. The van der Waals surface area contributed by atoms with Crippen LogP contribution in [0.15, 0.2) is 43.0 Å². The molecule has 3 heteroatoms. The monoisotopic (exact) mass is 163 g/mol. The smallest absolute Gasteiger partial charge is 0.0510 e. The third-order valence-electron chi connectivity index (χ3n) is 0.828. The molecule has 3 nitrogen and oxygen atoms in total. The van der Waals surface area contributed by atoms with Crippen LogP contribution in [0.5, 0.6) is 0 Å². The summed E-state index contributed by atoms with van der Waals surface area (Å²) >= 11 is 0. The van der Waals surface area contributed by atoms with Crippen LogP contribution in [-0.2, 0) is 0 Å². The van der Waals surface area contributed by atoms with Crippen LogP contribution < -0.4 is 0 Å². The van der Waals surface area contributed by atoms with E-state index in [2.05, 4.69) is 15.2 Å². The minimum atomic E-state index is 1.58. The minimum Gasteiger partial charge on any atom is -0.265 e. The lowest BCUT2D eigenvalue weighted by molar-refractivity contribution is 1.04. The van der Waals surface area contributed by atoms with Crippen LogP contribution in [-0.4, -0.2) is 15.2 Å². The molecule has 0 bridgehead atoms. The van der Waals surface area contributed by atoms with Gasteiger partial charge in [-0.15, -0.1) is 0 Å². The van der Waals surface area contributed by atoms with Gasteiger partial charge in [-0.1, -0.05) is 13.8 Å². The quantitative estimate of drug-likeness (QED) is 0.587. The third kappa shape index (κ3) is 6.61. The maximum atomic E-state index is 3.89. The van der Waals surface area contributed by atoms with Crippen molar-refractivity contribution in [3.63, 3.8) is 0 Å². The summed E-state index contributed by atoms with van der Waals surface area (Å²) in [4.78, 5) is 3.89. The van der Waals surface area contributed by atoms with Crippen LogP contribution in [0, 0.1) is 0 Å². The van der Waals surface area contributed by atoms with Gasteiger partial charge < -0.3 is 0 Å². The molecule has 0 aliphatic carbocycles. The SMILES string of the molecule is CC.c1ccnncccnc1.